The van der Waals surface area contributed by atoms with E-state index in [1.54, 1.807) is 48.5 Å². The van der Waals surface area contributed by atoms with Crippen molar-refractivity contribution in [3.8, 4) is 0 Å². The summed E-state index contributed by atoms with van der Waals surface area (Å²) < 4.78 is 181. The van der Waals surface area contributed by atoms with Crippen molar-refractivity contribution in [3.05, 3.63) is 0 Å². The third kappa shape index (κ3) is 60.4. The van der Waals surface area contributed by atoms with E-state index in [0.29, 0.717) is 21.7 Å². The van der Waals surface area contributed by atoms with Crippen molar-refractivity contribution in [1.82, 2.24) is 0 Å². The van der Waals surface area contributed by atoms with Crippen LogP contribution in [0.25, 0.3) is 0 Å². The van der Waals surface area contributed by atoms with E-state index in [0.717, 1.165) is 20.8 Å². The van der Waals surface area contributed by atoms with E-state index in [1.165, 1.54) is 85.5 Å². The molecule has 1 atom stereocenters. The molecule has 0 radical (unpaired) electrons. The van der Waals surface area contributed by atoms with Gasteiger partial charge in [0.2, 0.25) is 0 Å². The summed E-state index contributed by atoms with van der Waals surface area (Å²) in [4.78, 5) is 0. The largest absolute Gasteiger partial charge is 0.393 e. The highest BCUT2D eigenvalue weighted by atomic mass is 19.4. The van der Waals surface area contributed by atoms with E-state index >= 15 is 0 Å². The Bertz CT molecular complexity index is 1980. The van der Waals surface area contributed by atoms with E-state index in [-0.39, 0.29) is 38.9 Å². The van der Waals surface area contributed by atoms with Gasteiger partial charge < -0.3 is 0 Å². The molecule has 2 aliphatic rings. The van der Waals surface area contributed by atoms with Gasteiger partial charge in [0.05, 0.1) is 5.41 Å². The molecule has 2 saturated carbocycles. The van der Waals surface area contributed by atoms with Crippen LogP contribution in [0.4, 0.5) is 13.2 Å². The van der Waals surface area contributed by atoms with Crippen LogP contribution in [0, 0.1) is 88.1 Å². The van der Waals surface area contributed by atoms with Crippen LogP contribution in [0.5, 0.6) is 0 Å². The second-order valence-corrected chi connectivity index (χ2v) is 34.3. The third-order valence-corrected chi connectivity index (χ3v) is 13.9. The maximum atomic E-state index is 12.6. The van der Waals surface area contributed by atoms with Crippen LogP contribution in [-0.2, 0) is 0 Å². The van der Waals surface area contributed by atoms with Crippen LogP contribution in [0.1, 0.15) is 419 Å². The second kappa shape index (κ2) is 37.3. The van der Waals surface area contributed by atoms with Crippen molar-refractivity contribution in [1.29, 1.82) is 0 Å². The lowest BCUT2D eigenvalue weighted by molar-refractivity contribution is -0.220. The van der Waals surface area contributed by atoms with Gasteiger partial charge in [-0.05, 0) is 134 Å². The molecular weight excluding hydrogens is 958 g/mol. The highest BCUT2D eigenvalue weighted by molar-refractivity contribution is 4.90. The normalized spacial score (nSPS) is 22.4. The number of halogens is 3. The highest BCUT2D eigenvalue weighted by Gasteiger charge is 2.48. The molecule has 0 bridgehead atoms. The molecule has 0 nitrogen and oxygen atoms in total. The summed E-state index contributed by atoms with van der Waals surface area (Å²) >= 11 is 0. The van der Waals surface area contributed by atoms with Crippen LogP contribution >= 0.6 is 0 Å². The fourth-order valence-corrected chi connectivity index (χ4v) is 7.74. The number of rotatable bonds is 4. The average Bonchev–Trinajstić information content (AvgIpc) is 1.17. The van der Waals surface area contributed by atoms with Crippen LogP contribution in [0.15, 0.2) is 0 Å². The van der Waals surface area contributed by atoms with E-state index in [9.17, 15) is 13.2 Å². The van der Waals surface area contributed by atoms with Crippen LogP contribution in [-0.4, -0.2) is 6.18 Å². The monoisotopic (exact) mass is 1140 g/mol. The zero-order chi connectivity index (χ0) is 81.9. The summed E-state index contributed by atoms with van der Waals surface area (Å²) in [5, 5.41) is 0. The van der Waals surface area contributed by atoms with E-state index in [4.69, 9.17) is 26.0 Å². The molecular formula is C75H161F3. The maximum absolute atomic E-state index is 12.6. The Labute approximate surface area is 525 Å². The molecule has 3 heteroatoms. The Balaban J connectivity index is -0.000000189. The minimum absolute atomic E-state index is 0.0903. The standard InChI is InChI=1S/C11H22.C10H20.C9H17F3.C9H20.2C8H18.2C7H16.C6H14/c1-10(2,3)11(4)8-6-5-7-9-11;1-9(2,3)10(4)7-5-6-8-10;1-7(2,3)6-8(4,5)9(10,11)12;1-8(2,3)7-9(4,5)6;1-7(2)6-8(3,4)5;1-6-7(2)8(3,4)5;1-6(2)7(3,4)5;1-5-6-7(2,3)4;1-5-6(2,3)4/h5-9H2,1-4H3;5-8H2,1-4H3;6H2,1-5H3;7H2,1-6H3;2*7H,6H2,1-5H3;6H,1-5H3;5-6H2,1-4H3;5H2,1-4H3/i;;6D2;7D2;6D2;2D3,6D2,7D;6D;5D2,6D2;5D2. The van der Waals surface area contributed by atoms with Gasteiger partial charge in [0.15, 0.2) is 0 Å². The molecule has 0 aromatic rings. The smallest absolute Gasteiger partial charge is 0.171 e. The Hall–Kier alpha value is -0.210. The first-order valence-corrected chi connectivity index (χ1v) is 30.2. The highest BCUT2D eigenvalue weighted by Crippen LogP contribution is 2.51. The predicted octanol–water partition coefficient (Wildman–Crippen LogP) is 29.2. The summed E-state index contributed by atoms with van der Waals surface area (Å²) in [5.41, 5.74) is -3.68. The van der Waals surface area contributed by atoms with Gasteiger partial charge in [-0.2, -0.15) is 13.2 Å². The Morgan fingerprint density at radius 1 is 0.436 bits per heavy atom. The molecule has 2 aliphatic carbocycles. The van der Waals surface area contributed by atoms with Gasteiger partial charge in [0, 0.05) is 26.0 Å². The Morgan fingerprint density at radius 3 is 0.782 bits per heavy atom. The Morgan fingerprint density at radius 2 is 0.718 bits per heavy atom. The predicted molar refractivity (Wildman–Crippen MR) is 360 cm³/mol. The first-order valence-electron chi connectivity index (χ1n) is 39.7. The van der Waals surface area contributed by atoms with Crippen molar-refractivity contribution in [2.45, 2.75) is 399 Å². The third-order valence-electron chi connectivity index (χ3n) is 13.9. The van der Waals surface area contributed by atoms with Gasteiger partial charge in [0.1, 0.15) is 0 Å². The first-order chi connectivity index (χ1) is 40.6. The maximum Gasteiger partial charge on any atom is 0.393 e. The van der Waals surface area contributed by atoms with Gasteiger partial charge in [-0.1, -0.05) is 342 Å². The molecule has 2 rings (SSSR count). The van der Waals surface area contributed by atoms with E-state index in [1.807, 2.05) is 111 Å². The molecule has 1 unspecified atom stereocenters. The lowest BCUT2D eigenvalue weighted by Gasteiger charge is -2.45. The first kappa shape index (κ1) is 56.9. The van der Waals surface area contributed by atoms with Crippen LogP contribution in [0.3, 0.4) is 0 Å². The van der Waals surface area contributed by atoms with Crippen molar-refractivity contribution >= 4 is 0 Å². The van der Waals surface area contributed by atoms with Crippen molar-refractivity contribution in [3.63, 3.8) is 0 Å². The van der Waals surface area contributed by atoms with Crippen molar-refractivity contribution < 1.29 is 39.2 Å². The quantitative estimate of drug-likeness (QED) is 0.263. The van der Waals surface area contributed by atoms with Crippen LogP contribution in [0.2, 0.25) is 0 Å². The molecule has 0 N–H and O–H groups in total. The van der Waals surface area contributed by atoms with Gasteiger partial charge in [0.25, 0.3) is 0 Å². The molecule has 0 amide bonds. The van der Waals surface area contributed by atoms with E-state index in [2.05, 4.69) is 76.2 Å². The summed E-state index contributed by atoms with van der Waals surface area (Å²) in [6.45, 7) is 73.8. The summed E-state index contributed by atoms with van der Waals surface area (Å²) in [6, 6.07) is 0. The fraction of sp³-hybridized carbons (Fsp3) is 1.00. The summed E-state index contributed by atoms with van der Waals surface area (Å²) in [6.07, 6.45) is -2.71. The Kier molecular flexibility index (Phi) is 27.2. The van der Waals surface area contributed by atoms with Gasteiger partial charge in [-0.3, -0.25) is 0 Å². The fourth-order valence-electron chi connectivity index (χ4n) is 7.74. The number of hydrogen-bond donors (Lipinski definition) is 0. The molecule has 0 saturated heterocycles. The van der Waals surface area contributed by atoms with Gasteiger partial charge in [-0.25, -0.2) is 0 Å². The summed E-state index contributed by atoms with van der Waals surface area (Å²) in [7, 11) is 0. The molecule has 0 spiro atoms. The summed E-state index contributed by atoms with van der Waals surface area (Å²) in [5.74, 6) is -2.33. The molecule has 0 aromatic carbocycles. The molecule has 0 aromatic heterocycles. The topological polar surface area (TPSA) is 0 Å². The molecule has 78 heavy (non-hydrogen) atoms. The lowest BCUT2D eigenvalue weighted by Crippen LogP contribution is -2.35. The van der Waals surface area contributed by atoms with E-state index < -0.39 is 85.2 Å². The molecule has 0 heterocycles. The van der Waals surface area contributed by atoms with Crippen molar-refractivity contribution in [2.24, 2.45) is 88.1 Å². The zero-order valence-corrected chi connectivity index (χ0v) is 61.1. The molecule has 482 valence electrons. The number of alkyl halides is 3. The minimum atomic E-state index is -4.54. The van der Waals surface area contributed by atoms with Crippen LogP contribution < -0.4 is 0 Å². The zero-order valence-electron chi connectivity index (χ0n) is 80.1. The lowest BCUT2D eigenvalue weighted by atomic mass is 9.61. The molecule has 0 aliphatic heterocycles. The molecule has 2 fully saturated rings. The second-order valence-electron chi connectivity index (χ2n) is 34.3. The minimum Gasteiger partial charge on any atom is -0.171 e. The average molecular weight is 1140 g/mol. The van der Waals surface area contributed by atoms with Gasteiger partial charge >= 0.3 is 6.18 Å². The van der Waals surface area contributed by atoms with Gasteiger partial charge in [-0.15, -0.1) is 0 Å². The number of hydrogen-bond acceptors (Lipinski definition) is 0. The SMILES string of the molecule is CC(C)(C)C1(C)CCCC1.CC(C)(C)C1(C)CCCCC1.[2H]C(C)(C)C(C)(C)C.[2H]C([2H])(C(C)(C)C)C(C)(C)C.[2H]C([2H])(C(C)(C)C)C(C)(C)C(F)(F)F.[2H]C([2H])(C(C)C)C(C)(C)C.[2H]C([2H])(C)C(C)(C)C.[2H]C([2H])(C)C([2H])([2H])C(C)(C)C.[2H]C([2H])([2H])C([2H])(C([2H])([2H])C)C(C)(C)C. The van der Waals surface area contributed by atoms with Crippen molar-refractivity contribution in [2.75, 3.05) is 0 Å².